The second-order valence-corrected chi connectivity index (χ2v) is 6.03. The lowest BCUT2D eigenvalue weighted by Crippen LogP contribution is -2.31. The van der Waals surface area contributed by atoms with Crippen LogP contribution in [0, 0.1) is 11.7 Å². The number of halogens is 2. The highest BCUT2D eigenvalue weighted by atomic mass is 79.9. The van der Waals surface area contributed by atoms with Crippen molar-refractivity contribution < 1.29 is 4.39 Å². The maximum absolute atomic E-state index is 14.4. The molecular formula is C17H17BrFN. The average Bonchev–Trinajstić information content (AvgIpc) is 2.46. The Morgan fingerprint density at radius 1 is 1.20 bits per heavy atom. The van der Waals surface area contributed by atoms with Gasteiger partial charge in [-0.15, -0.1) is 0 Å². The SMILES string of the molecule is CC1Cc2ccccc2N(c2ccc(CBr)cc2F)C1. The fourth-order valence-corrected chi connectivity index (χ4v) is 3.23. The lowest BCUT2D eigenvalue weighted by molar-refractivity contribution is 0.551. The van der Waals surface area contributed by atoms with Crippen LogP contribution >= 0.6 is 15.9 Å². The van der Waals surface area contributed by atoms with Gasteiger partial charge in [0, 0.05) is 17.6 Å². The van der Waals surface area contributed by atoms with E-state index in [1.54, 1.807) is 6.07 Å². The zero-order valence-electron chi connectivity index (χ0n) is 11.4. The largest absolute Gasteiger partial charge is 0.339 e. The molecule has 0 N–H and O–H groups in total. The Labute approximate surface area is 127 Å². The number of alkyl halides is 1. The van der Waals surface area contributed by atoms with Crippen LogP contribution in [0.2, 0.25) is 0 Å². The monoisotopic (exact) mass is 333 g/mol. The Kier molecular flexibility index (Phi) is 3.79. The number of anilines is 2. The molecule has 2 aromatic carbocycles. The van der Waals surface area contributed by atoms with Crippen molar-refractivity contribution in [2.45, 2.75) is 18.7 Å². The van der Waals surface area contributed by atoms with Crippen LogP contribution < -0.4 is 4.90 Å². The smallest absolute Gasteiger partial charge is 0.147 e. The number of benzene rings is 2. The summed E-state index contributed by atoms with van der Waals surface area (Å²) in [6, 6.07) is 13.8. The van der Waals surface area contributed by atoms with Gasteiger partial charge in [-0.25, -0.2) is 4.39 Å². The average molecular weight is 334 g/mol. The zero-order chi connectivity index (χ0) is 14.1. The molecule has 0 aliphatic carbocycles. The summed E-state index contributed by atoms with van der Waals surface area (Å²) in [4.78, 5) is 2.11. The number of hydrogen-bond donors (Lipinski definition) is 0. The molecule has 0 aromatic heterocycles. The van der Waals surface area contributed by atoms with Gasteiger partial charge >= 0.3 is 0 Å². The highest BCUT2D eigenvalue weighted by Crippen LogP contribution is 2.36. The van der Waals surface area contributed by atoms with Gasteiger partial charge in [-0.1, -0.05) is 47.1 Å². The summed E-state index contributed by atoms with van der Waals surface area (Å²) in [5.74, 6) is 0.381. The van der Waals surface area contributed by atoms with Crippen LogP contribution in [0.3, 0.4) is 0 Å². The molecule has 0 amide bonds. The van der Waals surface area contributed by atoms with Crippen LogP contribution in [0.1, 0.15) is 18.1 Å². The molecule has 1 aliphatic rings. The first kappa shape index (κ1) is 13.6. The van der Waals surface area contributed by atoms with E-state index < -0.39 is 0 Å². The predicted molar refractivity (Wildman–Crippen MR) is 85.3 cm³/mol. The van der Waals surface area contributed by atoms with Crippen molar-refractivity contribution in [3.8, 4) is 0 Å². The number of nitrogens with zero attached hydrogens (tertiary/aromatic N) is 1. The summed E-state index contributed by atoms with van der Waals surface area (Å²) in [5.41, 5.74) is 4.07. The standard InChI is InChI=1S/C17H17BrFN/c1-12-8-14-4-2-3-5-16(14)20(11-12)17-7-6-13(10-18)9-15(17)19/h2-7,9,12H,8,10-11H2,1H3. The van der Waals surface area contributed by atoms with E-state index in [1.807, 2.05) is 18.2 Å². The van der Waals surface area contributed by atoms with Crippen LogP contribution in [0.25, 0.3) is 0 Å². The minimum atomic E-state index is -0.147. The highest BCUT2D eigenvalue weighted by Gasteiger charge is 2.24. The second kappa shape index (κ2) is 5.57. The fourth-order valence-electron chi connectivity index (χ4n) is 2.88. The molecule has 1 unspecified atom stereocenters. The maximum Gasteiger partial charge on any atom is 0.147 e. The van der Waals surface area contributed by atoms with Gasteiger partial charge in [0.1, 0.15) is 5.82 Å². The Hall–Kier alpha value is -1.35. The first-order chi connectivity index (χ1) is 9.69. The summed E-state index contributed by atoms with van der Waals surface area (Å²) in [7, 11) is 0. The molecule has 2 aromatic rings. The van der Waals surface area contributed by atoms with Crippen LogP contribution in [0.4, 0.5) is 15.8 Å². The Balaban J connectivity index is 2.06. The highest BCUT2D eigenvalue weighted by molar-refractivity contribution is 9.08. The van der Waals surface area contributed by atoms with Crippen molar-refractivity contribution in [2.75, 3.05) is 11.4 Å². The van der Waals surface area contributed by atoms with Crippen LogP contribution in [-0.4, -0.2) is 6.54 Å². The van der Waals surface area contributed by atoms with Gasteiger partial charge in [-0.2, -0.15) is 0 Å². The number of para-hydroxylation sites is 1. The predicted octanol–water partition coefficient (Wildman–Crippen LogP) is 5.05. The minimum absolute atomic E-state index is 0.147. The first-order valence-electron chi connectivity index (χ1n) is 6.89. The molecule has 3 heteroatoms. The summed E-state index contributed by atoms with van der Waals surface area (Å²) in [6.07, 6.45) is 1.06. The summed E-state index contributed by atoms with van der Waals surface area (Å²) in [5, 5.41) is 0.678. The first-order valence-corrected chi connectivity index (χ1v) is 8.01. The molecular weight excluding hydrogens is 317 g/mol. The third-order valence-electron chi connectivity index (χ3n) is 3.80. The van der Waals surface area contributed by atoms with E-state index in [0.29, 0.717) is 16.9 Å². The van der Waals surface area contributed by atoms with Gasteiger partial charge in [0.05, 0.1) is 5.69 Å². The number of fused-ring (bicyclic) bond motifs is 1. The fraction of sp³-hybridized carbons (Fsp3) is 0.294. The van der Waals surface area contributed by atoms with Gasteiger partial charge in [0.15, 0.2) is 0 Å². The van der Waals surface area contributed by atoms with Gasteiger partial charge < -0.3 is 4.90 Å². The van der Waals surface area contributed by atoms with E-state index in [9.17, 15) is 4.39 Å². The van der Waals surface area contributed by atoms with E-state index >= 15 is 0 Å². The molecule has 0 saturated carbocycles. The van der Waals surface area contributed by atoms with E-state index in [0.717, 1.165) is 24.2 Å². The third-order valence-corrected chi connectivity index (χ3v) is 4.45. The number of hydrogen-bond acceptors (Lipinski definition) is 1. The van der Waals surface area contributed by atoms with Crippen LogP contribution in [0.5, 0.6) is 0 Å². The van der Waals surface area contributed by atoms with Crippen molar-refractivity contribution in [3.05, 3.63) is 59.4 Å². The molecule has 0 bridgehead atoms. The lowest BCUT2D eigenvalue weighted by Gasteiger charge is -2.35. The van der Waals surface area contributed by atoms with E-state index in [1.165, 1.54) is 5.56 Å². The molecule has 104 valence electrons. The Morgan fingerprint density at radius 2 is 2.00 bits per heavy atom. The molecule has 1 aliphatic heterocycles. The molecule has 0 fully saturated rings. The molecule has 0 saturated heterocycles. The normalized spacial score (nSPS) is 17.9. The number of rotatable bonds is 2. The van der Waals surface area contributed by atoms with Crippen molar-refractivity contribution in [1.29, 1.82) is 0 Å². The molecule has 3 rings (SSSR count). The maximum atomic E-state index is 14.4. The van der Waals surface area contributed by atoms with E-state index in [4.69, 9.17) is 0 Å². The minimum Gasteiger partial charge on any atom is -0.339 e. The summed E-state index contributed by atoms with van der Waals surface area (Å²) < 4.78 is 14.4. The summed E-state index contributed by atoms with van der Waals surface area (Å²) >= 11 is 3.37. The van der Waals surface area contributed by atoms with Gasteiger partial charge in [-0.05, 0) is 41.7 Å². The van der Waals surface area contributed by atoms with Crippen molar-refractivity contribution in [1.82, 2.24) is 0 Å². The van der Waals surface area contributed by atoms with Crippen LogP contribution in [0.15, 0.2) is 42.5 Å². The Bertz CT molecular complexity index is 626. The zero-order valence-corrected chi connectivity index (χ0v) is 13.0. The van der Waals surface area contributed by atoms with Crippen LogP contribution in [-0.2, 0) is 11.8 Å². The molecule has 0 radical (unpaired) electrons. The quantitative estimate of drug-likeness (QED) is 0.695. The van der Waals surface area contributed by atoms with Crippen molar-refractivity contribution in [3.63, 3.8) is 0 Å². The van der Waals surface area contributed by atoms with Crippen molar-refractivity contribution in [2.24, 2.45) is 5.92 Å². The molecule has 1 heterocycles. The van der Waals surface area contributed by atoms with E-state index in [2.05, 4.69) is 46.0 Å². The van der Waals surface area contributed by atoms with E-state index in [-0.39, 0.29) is 5.82 Å². The van der Waals surface area contributed by atoms with Gasteiger partial charge in [-0.3, -0.25) is 0 Å². The topological polar surface area (TPSA) is 3.24 Å². The lowest BCUT2D eigenvalue weighted by atomic mass is 9.93. The van der Waals surface area contributed by atoms with Gasteiger partial charge in [0.2, 0.25) is 0 Å². The molecule has 0 spiro atoms. The summed E-state index contributed by atoms with van der Waals surface area (Å²) in [6.45, 7) is 3.08. The molecule has 1 nitrogen and oxygen atoms in total. The van der Waals surface area contributed by atoms with Gasteiger partial charge in [0.25, 0.3) is 0 Å². The second-order valence-electron chi connectivity index (χ2n) is 5.47. The van der Waals surface area contributed by atoms with Crippen molar-refractivity contribution >= 4 is 27.3 Å². The third kappa shape index (κ3) is 2.47. The Morgan fingerprint density at radius 3 is 2.75 bits per heavy atom. The molecule has 1 atom stereocenters. The molecule has 20 heavy (non-hydrogen) atoms.